The van der Waals surface area contributed by atoms with Crippen molar-refractivity contribution >= 4 is 0 Å². The lowest BCUT2D eigenvalue weighted by Gasteiger charge is -2.17. The molecule has 21 heavy (non-hydrogen) atoms. The molecule has 0 radical (unpaired) electrons. The van der Waals surface area contributed by atoms with Gasteiger partial charge in [-0.15, -0.1) is 0 Å². The van der Waals surface area contributed by atoms with Crippen molar-refractivity contribution in [2.24, 2.45) is 0 Å². The zero-order valence-electron chi connectivity index (χ0n) is 13.0. The van der Waals surface area contributed by atoms with Gasteiger partial charge in [0.1, 0.15) is 0 Å². The summed E-state index contributed by atoms with van der Waals surface area (Å²) in [6, 6.07) is 0. The average molecular weight is 292 g/mol. The SMILES string of the molecule is C1CCCC(c2noc(CN3CCCNCC3)n2)CCC1. The summed E-state index contributed by atoms with van der Waals surface area (Å²) >= 11 is 0. The highest BCUT2D eigenvalue weighted by atomic mass is 16.5. The molecule has 3 rings (SSSR count). The van der Waals surface area contributed by atoms with Crippen LogP contribution in [-0.4, -0.2) is 41.2 Å². The van der Waals surface area contributed by atoms with E-state index in [1.54, 1.807) is 0 Å². The molecule has 0 spiro atoms. The Balaban J connectivity index is 1.56. The molecule has 0 unspecified atom stereocenters. The Morgan fingerprint density at radius 3 is 2.67 bits per heavy atom. The molecule has 0 atom stereocenters. The van der Waals surface area contributed by atoms with Gasteiger partial charge in [-0.1, -0.05) is 37.3 Å². The Hall–Kier alpha value is -0.940. The van der Waals surface area contributed by atoms with Crippen molar-refractivity contribution in [1.82, 2.24) is 20.4 Å². The summed E-state index contributed by atoms with van der Waals surface area (Å²) in [6.45, 7) is 5.17. The molecule has 2 fully saturated rings. The van der Waals surface area contributed by atoms with Gasteiger partial charge in [0.25, 0.3) is 0 Å². The third kappa shape index (κ3) is 4.51. The number of nitrogens with one attached hydrogen (secondary N) is 1. The van der Waals surface area contributed by atoms with Gasteiger partial charge >= 0.3 is 0 Å². The van der Waals surface area contributed by atoms with E-state index in [9.17, 15) is 0 Å². The molecule has 0 amide bonds. The number of aromatic nitrogens is 2. The third-order valence-corrected chi connectivity index (χ3v) is 4.75. The highest BCUT2D eigenvalue weighted by Crippen LogP contribution is 2.29. The number of nitrogens with zero attached hydrogens (tertiary/aromatic N) is 3. The normalized spacial score (nSPS) is 23.4. The van der Waals surface area contributed by atoms with Gasteiger partial charge in [-0.2, -0.15) is 4.98 Å². The first-order valence-corrected chi connectivity index (χ1v) is 8.67. The van der Waals surface area contributed by atoms with Crippen molar-refractivity contribution in [2.45, 2.75) is 63.8 Å². The Kier molecular flexibility index (Phi) is 5.63. The van der Waals surface area contributed by atoms with Crippen LogP contribution in [0.25, 0.3) is 0 Å². The van der Waals surface area contributed by atoms with Gasteiger partial charge in [-0.05, 0) is 32.4 Å². The molecule has 5 nitrogen and oxygen atoms in total. The van der Waals surface area contributed by atoms with E-state index < -0.39 is 0 Å². The zero-order chi connectivity index (χ0) is 14.3. The molecule has 1 aromatic heterocycles. The van der Waals surface area contributed by atoms with E-state index in [2.05, 4.69) is 15.4 Å². The summed E-state index contributed by atoms with van der Waals surface area (Å²) in [4.78, 5) is 7.10. The number of rotatable bonds is 3. The van der Waals surface area contributed by atoms with Crippen LogP contribution in [0.15, 0.2) is 4.52 Å². The quantitative estimate of drug-likeness (QED) is 0.928. The minimum atomic E-state index is 0.522. The maximum atomic E-state index is 5.51. The van der Waals surface area contributed by atoms with Gasteiger partial charge < -0.3 is 9.84 Å². The van der Waals surface area contributed by atoms with Gasteiger partial charge in [0.05, 0.1) is 6.54 Å². The minimum Gasteiger partial charge on any atom is -0.338 e. The van der Waals surface area contributed by atoms with Crippen LogP contribution >= 0.6 is 0 Å². The Labute approximate surface area is 127 Å². The molecule has 2 aliphatic rings. The molecule has 1 aromatic rings. The van der Waals surface area contributed by atoms with Crippen LogP contribution in [0.5, 0.6) is 0 Å². The standard InChI is InChI=1S/C16H28N4O/c1-2-4-7-14(8-5-3-1)16-18-15(21-19-16)13-20-11-6-9-17-10-12-20/h14,17H,1-13H2. The summed E-state index contributed by atoms with van der Waals surface area (Å²) in [5.41, 5.74) is 0. The lowest BCUT2D eigenvalue weighted by Crippen LogP contribution is -2.27. The van der Waals surface area contributed by atoms with Gasteiger partial charge in [0.15, 0.2) is 5.82 Å². The fourth-order valence-electron chi connectivity index (χ4n) is 3.46. The molecule has 118 valence electrons. The summed E-state index contributed by atoms with van der Waals surface area (Å²) in [5.74, 6) is 2.28. The molecular weight excluding hydrogens is 264 g/mol. The zero-order valence-corrected chi connectivity index (χ0v) is 13.0. The molecule has 5 heteroatoms. The first kappa shape index (κ1) is 15.0. The second-order valence-corrected chi connectivity index (χ2v) is 6.47. The van der Waals surface area contributed by atoms with Crippen LogP contribution in [0.2, 0.25) is 0 Å². The highest BCUT2D eigenvalue weighted by molar-refractivity contribution is 4.96. The topological polar surface area (TPSA) is 54.2 Å². The van der Waals surface area contributed by atoms with E-state index in [-0.39, 0.29) is 0 Å². The van der Waals surface area contributed by atoms with Gasteiger partial charge in [-0.3, -0.25) is 4.90 Å². The maximum absolute atomic E-state index is 5.51. The molecule has 0 bridgehead atoms. The second-order valence-electron chi connectivity index (χ2n) is 6.47. The minimum absolute atomic E-state index is 0.522. The van der Waals surface area contributed by atoms with Crippen LogP contribution < -0.4 is 5.32 Å². The van der Waals surface area contributed by atoms with Crippen LogP contribution in [0.1, 0.15) is 69.0 Å². The lowest BCUT2D eigenvalue weighted by molar-refractivity contribution is 0.238. The smallest absolute Gasteiger partial charge is 0.240 e. The van der Waals surface area contributed by atoms with Crippen LogP contribution in [0.3, 0.4) is 0 Å². The molecule has 0 aromatic carbocycles. The third-order valence-electron chi connectivity index (χ3n) is 4.75. The van der Waals surface area contributed by atoms with Crippen molar-refractivity contribution in [3.8, 4) is 0 Å². The summed E-state index contributed by atoms with van der Waals surface area (Å²) in [6.07, 6.45) is 10.4. The van der Waals surface area contributed by atoms with Crippen LogP contribution in [0, 0.1) is 0 Å². The Morgan fingerprint density at radius 2 is 1.81 bits per heavy atom. The van der Waals surface area contributed by atoms with Gasteiger partial charge in [0, 0.05) is 19.0 Å². The summed E-state index contributed by atoms with van der Waals surface area (Å²) < 4.78 is 5.51. The average Bonchev–Trinajstić information content (AvgIpc) is 2.75. The van der Waals surface area contributed by atoms with Crippen molar-refractivity contribution in [2.75, 3.05) is 26.2 Å². The Bertz CT molecular complexity index is 404. The van der Waals surface area contributed by atoms with Crippen LogP contribution in [-0.2, 0) is 6.54 Å². The molecule has 1 saturated heterocycles. The molecule has 1 aliphatic heterocycles. The first-order valence-electron chi connectivity index (χ1n) is 8.67. The first-order chi connectivity index (χ1) is 10.4. The highest BCUT2D eigenvalue weighted by Gasteiger charge is 2.20. The van der Waals surface area contributed by atoms with Gasteiger partial charge in [-0.25, -0.2) is 0 Å². The largest absolute Gasteiger partial charge is 0.338 e. The lowest BCUT2D eigenvalue weighted by atomic mass is 9.91. The molecular formula is C16H28N4O. The summed E-state index contributed by atoms with van der Waals surface area (Å²) in [5, 5.41) is 7.70. The predicted molar refractivity (Wildman–Crippen MR) is 82.1 cm³/mol. The molecule has 1 saturated carbocycles. The van der Waals surface area contributed by atoms with E-state index >= 15 is 0 Å². The fourth-order valence-corrected chi connectivity index (χ4v) is 3.46. The Morgan fingerprint density at radius 1 is 1.00 bits per heavy atom. The second kappa shape index (κ2) is 7.90. The van der Waals surface area contributed by atoms with E-state index in [4.69, 9.17) is 9.51 Å². The van der Waals surface area contributed by atoms with Crippen LogP contribution in [0.4, 0.5) is 0 Å². The maximum Gasteiger partial charge on any atom is 0.240 e. The molecule has 1 N–H and O–H groups in total. The van der Waals surface area contributed by atoms with E-state index in [0.29, 0.717) is 5.92 Å². The van der Waals surface area contributed by atoms with Crippen molar-refractivity contribution in [3.63, 3.8) is 0 Å². The van der Waals surface area contributed by atoms with E-state index in [0.717, 1.165) is 44.4 Å². The number of hydrogen-bond donors (Lipinski definition) is 1. The predicted octanol–water partition coefficient (Wildman–Crippen LogP) is 2.69. The van der Waals surface area contributed by atoms with Crippen molar-refractivity contribution < 1.29 is 4.52 Å². The summed E-state index contributed by atoms with van der Waals surface area (Å²) in [7, 11) is 0. The van der Waals surface area contributed by atoms with Crippen molar-refractivity contribution in [1.29, 1.82) is 0 Å². The van der Waals surface area contributed by atoms with Gasteiger partial charge in [0.2, 0.25) is 5.89 Å². The number of hydrogen-bond acceptors (Lipinski definition) is 5. The van der Waals surface area contributed by atoms with E-state index in [1.807, 2.05) is 0 Å². The van der Waals surface area contributed by atoms with E-state index in [1.165, 1.54) is 51.4 Å². The van der Waals surface area contributed by atoms with Crippen molar-refractivity contribution in [3.05, 3.63) is 11.7 Å². The fraction of sp³-hybridized carbons (Fsp3) is 0.875. The molecule has 2 heterocycles. The monoisotopic (exact) mass is 292 g/mol. The molecule has 1 aliphatic carbocycles.